The molecule has 2 heterocycles. The first kappa shape index (κ1) is 14.8. The molecule has 0 aliphatic carbocycles. The van der Waals surface area contributed by atoms with E-state index in [4.69, 9.17) is 9.47 Å². The van der Waals surface area contributed by atoms with Crippen molar-refractivity contribution >= 4 is 21.7 Å². The Morgan fingerprint density at radius 2 is 1.92 bits per heavy atom. The maximum Gasteiger partial charge on any atom is 0.337 e. The van der Waals surface area contributed by atoms with Crippen LogP contribution in [0.2, 0.25) is 0 Å². The number of hydrogen-bond donors (Lipinski definition) is 1. The number of carbonyl (C=O) groups is 1. The molecule has 4 rings (SSSR count). The fraction of sp³-hybridized carbons (Fsp3) is 0.188. The topological polar surface area (TPSA) is 93.1 Å². The Morgan fingerprint density at radius 3 is 2.71 bits per heavy atom. The quantitative estimate of drug-likeness (QED) is 0.911. The van der Waals surface area contributed by atoms with Gasteiger partial charge in [-0.05, 0) is 30.2 Å². The van der Waals surface area contributed by atoms with Gasteiger partial charge in [-0.25, -0.2) is 13.2 Å². The number of rotatable bonds is 3. The van der Waals surface area contributed by atoms with Crippen molar-refractivity contribution in [2.24, 2.45) is 0 Å². The van der Waals surface area contributed by atoms with E-state index in [1.165, 1.54) is 24.3 Å². The second-order valence-corrected chi connectivity index (χ2v) is 7.32. The lowest BCUT2D eigenvalue weighted by Crippen LogP contribution is -2.30. The van der Waals surface area contributed by atoms with E-state index in [0.29, 0.717) is 23.5 Å². The molecule has 0 spiro atoms. The Labute approximate surface area is 138 Å². The van der Waals surface area contributed by atoms with Crippen LogP contribution in [0.25, 0.3) is 0 Å². The number of carboxylic acid groups (broad SMARTS) is 1. The van der Waals surface area contributed by atoms with Gasteiger partial charge in [0.05, 0.1) is 16.1 Å². The summed E-state index contributed by atoms with van der Waals surface area (Å²) >= 11 is 0. The van der Waals surface area contributed by atoms with Crippen LogP contribution in [0.5, 0.6) is 11.5 Å². The maximum atomic E-state index is 13.0. The lowest BCUT2D eigenvalue weighted by molar-refractivity contribution is 0.0698. The summed E-state index contributed by atoms with van der Waals surface area (Å²) < 4.78 is 37.6. The van der Waals surface area contributed by atoms with Gasteiger partial charge < -0.3 is 14.6 Å². The van der Waals surface area contributed by atoms with Crippen LogP contribution in [0.1, 0.15) is 15.9 Å². The molecule has 0 unspecified atom stereocenters. The van der Waals surface area contributed by atoms with Crippen molar-refractivity contribution in [3.05, 3.63) is 47.5 Å². The van der Waals surface area contributed by atoms with Gasteiger partial charge >= 0.3 is 5.97 Å². The summed E-state index contributed by atoms with van der Waals surface area (Å²) in [4.78, 5) is 11.5. The van der Waals surface area contributed by atoms with Crippen LogP contribution in [0, 0.1) is 0 Å². The predicted molar refractivity (Wildman–Crippen MR) is 84.2 cm³/mol. The normalized spacial score (nSPS) is 15.4. The van der Waals surface area contributed by atoms with Gasteiger partial charge in [-0.2, -0.15) is 0 Å². The van der Waals surface area contributed by atoms with Crippen LogP contribution in [0.3, 0.4) is 0 Å². The maximum absolute atomic E-state index is 13.0. The average molecular weight is 347 g/mol. The Hall–Kier alpha value is -2.74. The molecule has 2 aromatic carbocycles. The molecule has 2 aromatic rings. The molecule has 0 radical (unpaired) electrons. The highest BCUT2D eigenvalue weighted by Crippen LogP contribution is 2.39. The lowest BCUT2D eigenvalue weighted by Gasteiger charge is -2.21. The Morgan fingerprint density at radius 1 is 1.12 bits per heavy atom. The molecule has 0 saturated carbocycles. The Bertz CT molecular complexity index is 953. The minimum atomic E-state index is -3.90. The molecule has 0 atom stereocenters. The van der Waals surface area contributed by atoms with Crippen molar-refractivity contribution in [2.45, 2.75) is 11.3 Å². The third-order valence-electron chi connectivity index (χ3n) is 4.12. The summed E-state index contributed by atoms with van der Waals surface area (Å²) in [5.41, 5.74) is 0.927. The summed E-state index contributed by atoms with van der Waals surface area (Å²) in [6.45, 7) is 0.255. The van der Waals surface area contributed by atoms with Gasteiger partial charge in [-0.15, -0.1) is 0 Å². The highest BCUT2D eigenvalue weighted by atomic mass is 32.2. The van der Waals surface area contributed by atoms with Crippen LogP contribution >= 0.6 is 0 Å². The minimum Gasteiger partial charge on any atom is -0.478 e. The SMILES string of the molecule is O=C(O)c1cccc2c1N(S(=O)(=O)c1ccc3c(c1)OCO3)CC2. The molecule has 2 aliphatic rings. The minimum absolute atomic E-state index is 0.0191. The van der Waals surface area contributed by atoms with E-state index in [0.717, 1.165) is 4.31 Å². The van der Waals surface area contributed by atoms with E-state index in [1.807, 2.05) is 0 Å². The van der Waals surface area contributed by atoms with Crippen LogP contribution in [-0.4, -0.2) is 32.8 Å². The summed E-state index contributed by atoms with van der Waals surface area (Å²) in [6.07, 6.45) is 0.472. The number of hydrogen-bond acceptors (Lipinski definition) is 5. The Balaban J connectivity index is 1.82. The highest BCUT2D eigenvalue weighted by Gasteiger charge is 2.35. The number of benzene rings is 2. The number of anilines is 1. The van der Waals surface area contributed by atoms with Gasteiger partial charge in [0.1, 0.15) is 0 Å². The molecule has 0 amide bonds. The van der Waals surface area contributed by atoms with E-state index in [-0.39, 0.29) is 29.5 Å². The molecule has 8 heteroatoms. The molecule has 24 heavy (non-hydrogen) atoms. The molecule has 1 N–H and O–H groups in total. The highest BCUT2D eigenvalue weighted by molar-refractivity contribution is 7.92. The van der Waals surface area contributed by atoms with Crippen molar-refractivity contribution in [1.29, 1.82) is 0 Å². The van der Waals surface area contributed by atoms with E-state index in [2.05, 4.69) is 0 Å². The standard InChI is InChI=1S/C16H13NO6S/c18-16(19)12-3-1-2-10-6-7-17(15(10)12)24(20,21)11-4-5-13-14(8-11)23-9-22-13/h1-5,8H,6-7,9H2,(H,18,19). The van der Waals surface area contributed by atoms with Crippen molar-refractivity contribution in [1.82, 2.24) is 0 Å². The number of para-hydroxylation sites is 1. The predicted octanol–water partition coefficient (Wildman–Crippen LogP) is 1.86. The average Bonchev–Trinajstić information content (AvgIpc) is 3.20. The molecule has 2 aliphatic heterocycles. The van der Waals surface area contributed by atoms with E-state index >= 15 is 0 Å². The number of sulfonamides is 1. The first-order valence-electron chi connectivity index (χ1n) is 7.26. The summed E-state index contributed by atoms with van der Waals surface area (Å²) in [5.74, 6) is -0.302. The van der Waals surface area contributed by atoms with Gasteiger partial charge in [0.15, 0.2) is 11.5 Å². The fourth-order valence-electron chi connectivity index (χ4n) is 3.00. The lowest BCUT2D eigenvalue weighted by atomic mass is 10.1. The van der Waals surface area contributed by atoms with Gasteiger partial charge in [-0.1, -0.05) is 12.1 Å². The number of carboxylic acids is 1. The molecule has 124 valence electrons. The number of aromatic carboxylic acids is 1. The first-order chi connectivity index (χ1) is 11.5. The van der Waals surface area contributed by atoms with E-state index in [9.17, 15) is 18.3 Å². The summed E-state index contributed by atoms with van der Waals surface area (Å²) in [5, 5.41) is 9.37. The molecular weight excluding hydrogens is 334 g/mol. The third kappa shape index (κ3) is 2.10. The number of ether oxygens (including phenoxy) is 2. The summed E-state index contributed by atoms with van der Waals surface area (Å²) in [6, 6.07) is 9.16. The molecule has 0 bridgehead atoms. The smallest absolute Gasteiger partial charge is 0.337 e. The zero-order valence-corrected chi connectivity index (χ0v) is 13.2. The van der Waals surface area contributed by atoms with Gasteiger partial charge in [0, 0.05) is 12.6 Å². The van der Waals surface area contributed by atoms with Crippen molar-refractivity contribution < 1.29 is 27.8 Å². The van der Waals surface area contributed by atoms with Gasteiger partial charge in [0.2, 0.25) is 6.79 Å². The van der Waals surface area contributed by atoms with Crippen molar-refractivity contribution in [2.75, 3.05) is 17.6 Å². The van der Waals surface area contributed by atoms with Crippen molar-refractivity contribution in [3.63, 3.8) is 0 Å². The van der Waals surface area contributed by atoms with Crippen LogP contribution in [-0.2, 0) is 16.4 Å². The number of nitrogens with zero attached hydrogens (tertiary/aromatic N) is 1. The second kappa shape index (κ2) is 5.13. The van der Waals surface area contributed by atoms with Crippen LogP contribution < -0.4 is 13.8 Å². The van der Waals surface area contributed by atoms with Crippen LogP contribution in [0.4, 0.5) is 5.69 Å². The molecule has 0 saturated heterocycles. The van der Waals surface area contributed by atoms with E-state index in [1.54, 1.807) is 12.1 Å². The molecule has 7 nitrogen and oxygen atoms in total. The fourth-order valence-corrected chi connectivity index (χ4v) is 4.54. The number of fused-ring (bicyclic) bond motifs is 2. The monoisotopic (exact) mass is 347 g/mol. The van der Waals surface area contributed by atoms with E-state index < -0.39 is 16.0 Å². The third-order valence-corrected chi connectivity index (χ3v) is 5.91. The summed E-state index contributed by atoms with van der Waals surface area (Å²) in [7, 11) is -3.90. The van der Waals surface area contributed by atoms with Gasteiger partial charge in [0.25, 0.3) is 10.0 Å². The second-order valence-electron chi connectivity index (χ2n) is 5.46. The Kier molecular flexibility index (Phi) is 3.17. The zero-order valence-electron chi connectivity index (χ0n) is 12.4. The van der Waals surface area contributed by atoms with Crippen LogP contribution in [0.15, 0.2) is 41.3 Å². The first-order valence-corrected chi connectivity index (χ1v) is 8.70. The largest absolute Gasteiger partial charge is 0.478 e. The molecular formula is C16H13NO6S. The zero-order chi connectivity index (χ0) is 16.9. The molecule has 0 fully saturated rings. The molecule has 0 aromatic heterocycles. The van der Waals surface area contributed by atoms with Crippen molar-refractivity contribution in [3.8, 4) is 11.5 Å². The van der Waals surface area contributed by atoms with Gasteiger partial charge in [-0.3, -0.25) is 4.31 Å².